The van der Waals surface area contributed by atoms with Crippen LogP contribution in [0.2, 0.25) is 0 Å². The van der Waals surface area contributed by atoms with Crippen LogP contribution in [0, 0.1) is 0 Å². The maximum Gasteiger partial charge on any atom is 0.338 e. The first-order chi connectivity index (χ1) is 18.8. The molecule has 0 radical (unpaired) electrons. The number of nitrogens with one attached hydrogen (secondary N) is 1. The highest BCUT2D eigenvalue weighted by Gasteiger charge is 2.56. The van der Waals surface area contributed by atoms with Gasteiger partial charge in [0.15, 0.2) is 0 Å². The number of aromatic carboxylic acids is 1. The number of carboxylic acid groups (broad SMARTS) is 1. The number of hydroxylamine groups is 3. The van der Waals surface area contributed by atoms with E-state index in [1.165, 1.54) is 50.7 Å². The lowest BCUT2D eigenvalue weighted by Crippen LogP contribution is -2.71. The summed E-state index contributed by atoms with van der Waals surface area (Å²) in [6.45, 7) is 20.5. The maximum absolute atomic E-state index is 12.3. The summed E-state index contributed by atoms with van der Waals surface area (Å²) >= 11 is 0. The molecule has 2 heterocycles. The van der Waals surface area contributed by atoms with Gasteiger partial charge >= 0.3 is 11.9 Å². The third-order valence-corrected chi connectivity index (χ3v) is 9.19. The van der Waals surface area contributed by atoms with Crippen molar-refractivity contribution < 1.29 is 29.3 Å². The summed E-state index contributed by atoms with van der Waals surface area (Å²) in [5, 5.41) is 23.8. The largest absolute Gasteiger partial charge is 0.478 e. The van der Waals surface area contributed by atoms with Crippen molar-refractivity contribution in [1.82, 2.24) is 5.32 Å². The third kappa shape index (κ3) is 9.79. The van der Waals surface area contributed by atoms with Gasteiger partial charge in [0, 0.05) is 36.8 Å². The molecule has 0 bridgehead atoms. The van der Waals surface area contributed by atoms with Gasteiger partial charge in [-0.3, -0.25) is 0 Å². The van der Waals surface area contributed by atoms with E-state index in [9.17, 15) is 14.8 Å². The average Bonchev–Trinajstić information content (AvgIpc) is 2.83. The predicted octanol–water partition coefficient (Wildman–Crippen LogP) is 8.14. The molecule has 0 unspecified atom stereocenters. The van der Waals surface area contributed by atoms with Gasteiger partial charge in [-0.2, -0.15) is 4.65 Å². The van der Waals surface area contributed by atoms with Crippen molar-refractivity contribution in [3.05, 3.63) is 35.4 Å². The summed E-state index contributed by atoms with van der Waals surface area (Å²) in [6, 6.07) is 5.93. The number of hydrogen-bond acceptors (Lipinski definition) is 5. The van der Waals surface area contributed by atoms with E-state index in [0.29, 0.717) is 0 Å². The van der Waals surface area contributed by atoms with Gasteiger partial charge in [0.25, 0.3) is 0 Å². The zero-order chi connectivity index (χ0) is 31.1. The maximum atomic E-state index is 12.3. The van der Waals surface area contributed by atoms with Crippen molar-refractivity contribution in [3.8, 4) is 0 Å². The molecule has 7 heteroatoms. The Labute approximate surface area is 249 Å². The van der Waals surface area contributed by atoms with Gasteiger partial charge in [0.05, 0.1) is 11.1 Å². The lowest BCUT2D eigenvalue weighted by Gasteiger charge is -2.56. The standard InChI is InChI=1S/C17H23NO4.C17H36NO/c1-16(2)9-13(10-17(3,4)18-16)22-15(21)12-7-5-6-11(8-12)14(19)20;1-6-7-8-9-10-11-15-18(19)16(2,3)13-12-14-17(18,4)5/h5-8,13,18H,9-10H2,1-4H3,(H,19,20);19H,6-15H2,1-5H3/q;+1. The number of ether oxygens (including phenoxy) is 1. The molecule has 2 aliphatic heterocycles. The molecule has 41 heavy (non-hydrogen) atoms. The van der Waals surface area contributed by atoms with E-state index in [4.69, 9.17) is 9.84 Å². The fourth-order valence-corrected chi connectivity index (χ4v) is 7.18. The zero-order valence-electron chi connectivity index (χ0n) is 27.4. The molecule has 0 spiro atoms. The van der Waals surface area contributed by atoms with Crippen LogP contribution in [0.1, 0.15) is 154 Å². The Hall–Kier alpha value is -1.96. The quantitative estimate of drug-likeness (QED) is 0.148. The number of esters is 1. The number of likely N-dealkylation sites (tertiary alicyclic amines) is 1. The lowest BCUT2D eigenvalue weighted by atomic mass is 9.78. The van der Waals surface area contributed by atoms with Crippen LogP contribution in [0.25, 0.3) is 0 Å². The number of carbonyl (C=O) groups is 2. The highest BCUT2D eigenvalue weighted by atomic mass is 16.6. The smallest absolute Gasteiger partial charge is 0.338 e. The summed E-state index contributed by atoms with van der Waals surface area (Å²) < 4.78 is 5.88. The minimum absolute atomic E-state index is 0.00513. The van der Waals surface area contributed by atoms with Crippen LogP contribution >= 0.6 is 0 Å². The molecule has 234 valence electrons. The van der Waals surface area contributed by atoms with Gasteiger partial charge < -0.3 is 15.2 Å². The summed E-state index contributed by atoms with van der Waals surface area (Å²) in [4.78, 5) is 23.2. The molecule has 0 aromatic heterocycles. The molecule has 0 aliphatic carbocycles. The Morgan fingerprint density at radius 3 is 1.93 bits per heavy atom. The monoisotopic (exact) mass is 575 g/mol. The summed E-state index contributed by atoms with van der Waals surface area (Å²) in [6.07, 6.45) is 12.6. The van der Waals surface area contributed by atoms with Crippen molar-refractivity contribution in [2.24, 2.45) is 0 Å². The number of piperidine rings is 2. The minimum Gasteiger partial charge on any atom is -0.478 e. The zero-order valence-corrected chi connectivity index (χ0v) is 27.4. The molecule has 0 amide bonds. The van der Waals surface area contributed by atoms with Crippen molar-refractivity contribution in [1.29, 1.82) is 0 Å². The van der Waals surface area contributed by atoms with Gasteiger partial charge in [-0.15, -0.1) is 0 Å². The Morgan fingerprint density at radius 1 is 0.878 bits per heavy atom. The fraction of sp³-hybridized carbons (Fsp3) is 0.765. The molecule has 2 fully saturated rings. The van der Waals surface area contributed by atoms with Crippen LogP contribution in [0.3, 0.4) is 0 Å². The van der Waals surface area contributed by atoms with E-state index in [2.05, 4.69) is 67.6 Å². The fourth-order valence-electron chi connectivity index (χ4n) is 7.18. The topological polar surface area (TPSA) is 95.9 Å². The molecule has 0 atom stereocenters. The average molecular weight is 576 g/mol. The first kappa shape index (κ1) is 35.2. The molecule has 0 saturated carbocycles. The molecule has 1 aromatic carbocycles. The van der Waals surface area contributed by atoms with Gasteiger partial charge in [-0.1, -0.05) is 38.7 Å². The number of quaternary nitrogens is 1. The number of rotatable bonds is 10. The highest BCUT2D eigenvalue weighted by Crippen LogP contribution is 2.44. The Morgan fingerprint density at radius 2 is 1.39 bits per heavy atom. The van der Waals surface area contributed by atoms with E-state index in [1.54, 1.807) is 12.1 Å². The predicted molar refractivity (Wildman–Crippen MR) is 165 cm³/mol. The Kier molecular flexibility index (Phi) is 12.0. The number of carbonyl (C=O) groups excluding carboxylic acids is 1. The van der Waals surface area contributed by atoms with E-state index in [1.807, 2.05) is 0 Å². The first-order valence-electron chi connectivity index (χ1n) is 15.8. The molecular weight excluding hydrogens is 516 g/mol. The van der Waals surface area contributed by atoms with Crippen LogP contribution < -0.4 is 5.32 Å². The lowest BCUT2D eigenvalue weighted by molar-refractivity contribution is -1.17. The normalized spacial score (nSPS) is 22.2. The number of nitrogens with zero attached hydrogens (tertiary/aromatic N) is 1. The SMILES string of the molecule is CC1(C)CC(OC(=O)c2cccc(C(=O)O)c2)CC(C)(C)N1.CCCCCCCC[N+]1(O)C(C)(C)CCCC1(C)C. The van der Waals surface area contributed by atoms with E-state index in [0.717, 1.165) is 38.6 Å². The van der Waals surface area contributed by atoms with Crippen molar-refractivity contribution in [3.63, 3.8) is 0 Å². The second kappa shape index (κ2) is 14.0. The molecule has 2 saturated heterocycles. The van der Waals surface area contributed by atoms with E-state index in [-0.39, 0.29) is 44.0 Å². The molecule has 2 aliphatic rings. The van der Waals surface area contributed by atoms with Gasteiger partial charge in [-0.25, -0.2) is 14.8 Å². The van der Waals surface area contributed by atoms with E-state index < -0.39 is 11.9 Å². The van der Waals surface area contributed by atoms with Crippen molar-refractivity contribution in [2.75, 3.05) is 6.54 Å². The number of unbranched alkanes of at least 4 members (excludes halogenated alkanes) is 5. The van der Waals surface area contributed by atoms with Crippen LogP contribution in [-0.4, -0.2) is 61.7 Å². The van der Waals surface area contributed by atoms with Crippen LogP contribution in [0.4, 0.5) is 0 Å². The Bertz CT molecular complexity index is 982. The molecular formula is C34H59N2O5+. The van der Waals surface area contributed by atoms with Crippen LogP contribution in [0.5, 0.6) is 0 Å². The summed E-state index contributed by atoms with van der Waals surface area (Å²) in [5.74, 6) is -1.53. The Balaban J connectivity index is 0.000000290. The molecule has 3 N–H and O–H groups in total. The van der Waals surface area contributed by atoms with Gasteiger partial charge in [0.1, 0.15) is 23.7 Å². The summed E-state index contributed by atoms with van der Waals surface area (Å²) in [5.41, 5.74) is 0.135. The molecule has 3 rings (SSSR count). The molecule has 1 aromatic rings. The number of carboxylic acids is 1. The number of benzene rings is 1. The first-order valence-corrected chi connectivity index (χ1v) is 15.8. The number of hydrogen-bond donors (Lipinski definition) is 3. The van der Waals surface area contributed by atoms with Gasteiger partial charge in [-0.05, 0) is 92.9 Å². The van der Waals surface area contributed by atoms with Crippen LogP contribution in [0.15, 0.2) is 24.3 Å². The molecule has 7 nitrogen and oxygen atoms in total. The highest BCUT2D eigenvalue weighted by molar-refractivity contribution is 5.94. The minimum atomic E-state index is -1.06. The third-order valence-electron chi connectivity index (χ3n) is 9.19. The van der Waals surface area contributed by atoms with Gasteiger partial charge in [0.2, 0.25) is 0 Å². The van der Waals surface area contributed by atoms with Crippen molar-refractivity contribution >= 4 is 11.9 Å². The van der Waals surface area contributed by atoms with E-state index >= 15 is 0 Å². The second-order valence-electron chi connectivity index (χ2n) is 15.0. The van der Waals surface area contributed by atoms with Crippen molar-refractivity contribution in [2.45, 2.75) is 161 Å². The van der Waals surface area contributed by atoms with Crippen LogP contribution in [-0.2, 0) is 4.74 Å². The second-order valence-corrected chi connectivity index (χ2v) is 15.0. The summed E-state index contributed by atoms with van der Waals surface area (Å²) in [7, 11) is 0.